The summed E-state index contributed by atoms with van der Waals surface area (Å²) in [7, 11) is 0. The number of unbranched alkanes of at least 4 members (excludes halogenated alkanes) is 3. The summed E-state index contributed by atoms with van der Waals surface area (Å²) in [5.74, 6) is -3.01. The number of ether oxygens (including phenoxy) is 1. The Balaban J connectivity index is 1.25. The smallest absolute Gasteiger partial charge is 0.261 e. The summed E-state index contributed by atoms with van der Waals surface area (Å²) in [4.78, 5) is 40.2. The number of carbonyl (C=O) groups excluding carboxylic acids is 3. The molecule has 0 spiro atoms. The average Bonchev–Trinajstić information content (AvgIpc) is 3.03. The zero-order valence-electron chi connectivity index (χ0n) is 17.8. The van der Waals surface area contributed by atoms with Gasteiger partial charge in [-0.15, -0.1) is 0 Å². The SMILES string of the molecule is CC1COc2c(ccc(F)c2F)N1C(=O)CCCCCCN1C(=O)c2ccccc2C1=O. The Morgan fingerprint density at radius 1 is 1.00 bits per heavy atom. The van der Waals surface area contributed by atoms with E-state index in [1.165, 1.54) is 15.9 Å². The molecule has 2 aromatic carbocycles. The highest BCUT2D eigenvalue weighted by Gasteiger charge is 2.34. The number of hydrogen-bond acceptors (Lipinski definition) is 4. The standard InChI is InChI=1S/C24H24F2N2O4/c1-15-14-32-22-19(12-11-18(25)21(22)26)28(15)20(29)10-4-2-3-7-13-27-23(30)16-8-5-6-9-17(16)24(27)31/h5-6,8-9,11-12,15H,2-4,7,10,13-14H2,1H3. The summed E-state index contributed by atoms with van der Waals surface area (Å²) >= 11 is 0. The molecule has 3 amide bonds. The van der Waals surface area contributed by atoms with Crippen molar-refractivity contribution in [3.63, 3.8) is 0 Å². The Bertz CT molecular complexity index is 1040. The van der Waals surface area contributed by atoms with Crippen LogP contribution in [0.1, 0.15) is 59.7 Å². The fraction of sp³-hybridized carbons (Fsp3) is 0.375. The lowest BCUT2D eigenvalue weighted by Crippen LogP contribution is -2.45. The normalized spacial score (nSPS) is 17.3. The van der Waals surface area contributed by atoms with E-state index in [0.717, 1.165) is 18.9 Å². The summed E-state index contributed by atoms with van der Waals surface area (Å²) in [5, 5.41) is 0. The summed E-state index contributed by atoms with van der Waals surface area (Å²) < 4.78 is 32.8. The van der Waals surface area contributed by atoms with E-state index in [0.29, 0.717) is 30.5 Å². The Kier molecular flexibility index (Phi) is 6.21. The third kappa shape index (κ3) is 3.97. The summed E-state index contributed by atoms with van der Waals surface area (Å²) in [6.45, 7) is 2.24. The monoisotopic (exact) mass is 442 g/mol. The van der Waals surface area contributed by atoms with Crippen LogP contribution in [0.15, 0.2) is 36.4 Å². The molecule has 2 aliphatic heterocycles. The highest BCUT2D eigenvalue weighted by Crippen LogP contribution is 2.37. The first kappa shape index (κ1) is 21.9. The van der Waals surface area contributed by atoms with Gasteiger partial charge in [0.15, 0.2) is 11.6 Å². The highest BCUT2D eigenvalue weighted by atomic mass is 19.2. The third-order valence-corrected chi connectivity index (χ3v) is 5.87. The number of rotatable bonds is 7. The molecule has 1 atom stereocenters. The van der Waals surface area contributed by atoms with Crippen LogP contribution in [0.3, 0.4) is 0 Å². The average molecular weight is 442 g/mol. The van der Waals surface area contributed by atoms with E-state index >= 15 is 0 Å². The quantitative estimate of drug-likeness (QED) is 0.473. The van der Waals surface area contributed by atoms with Gasteiger partial charge in [-0.3, -0.25) is 19.3 Å². The van der Waals surface area contributed by atoms with Crippen LogP contribution in [-0.2, 0) is 4.79 Å². The van der Waals surface area contributed by atoms with Crippen LogP contribution in [-0.4, -0.2) is 41.8 Å². The second-order valence-electron chi connectivity index (χ2n) is 8.11. The van der Waals surface area contributed by atoms with Gasteiger partial charge in [0.05, 0.1) is 22.9 Å². The lowest BCUT2D eigenvalue weighted by atomic mass is 10.1. The lowest BCUT2D eigenvalue weighted by molar-refractivity contribution is -0.119. The largest absolute Gasteiger partial charge is 0.486 e. The van der Waals surface area contributed by atoms with Crippen molar-refractivity contribution in [2.24, 2.45) is 0 Å². The molecule has 1 unspecified atom stereocenters. The molecule has 0 aromatic heterocycles. The van der Waals surface area contributed by atoms with Crippen LogP contribution in [0.4, 0.5) is 14.5 Å². The topological polar surface area (TPSA) is 66.9 Å². The predicted octanol–water partition coefficient (Wildman–Crippen LogP) is 4.33. The zero-order chi connectivity index (χ0) is 22.8. The van der Waals surface area contributed by atoms with E-state index in [1.54, 1.807) is 31.2 Å². The molecule has 8 heteroatoms. The van der Waals surface area contributed by atoms with E-state index in [9.17, 15) is 23.2 Å². The van der Waals surface area contributed by atoms with Crippen LogP contribution in [0.25, 0.3) is 0 Å². The van der Waals surface area contributed by atoms with E-state index in [4.69, 9.17) is 4.74 Å². The van der Waals surface area contributed by atoms with Gasteiger partial charge in [-0.05, 0) is 44.0 Å². The highest BCUT2D eigenvalue weighted by molar-refractivity contribution is 6.21. The number of hydrogen-bond donors (Lipinski definition) is 0. The van der Waals surface area contributed by atoms with E-state index in [2.05, 4.69) is 0 Å². The molecule has 2 aromatic rings. The Hall–Kier alpha value is -3.29. The predicted molar refractivity (Wildman–Crippen MR) is 114 cm³/mol. The van der Waals surface area contributed by atoms with Gasteiger partial charge in [0.25, 0.3) is 11.8 Å². The van der Waals surface area contributed by atoms with Crippen LogP contribution < -0.4 is 9.64 Å². The van der Waals surface area contributed by atoms with Gasteiger partial charge in [0, 0.05) is 13.0 Å². The number of benzene rings is 2. The third-order valence-electron chi connectivity index (χ3n) is 5.87. The molecule has 0 bridgehead atoms. The maximum Gasteiger partial charge on any atom is 0.261 e. The molecule has 0 fully saturated rings. The van der Waals surface area contributed by atoms with Gasteiger partial charge in [-0.25, -0.2) is 4.39 Å². The van der Waals surface area contributed by atoms with Crippen LogP contribution in [0, 0.1) is 11.6 Å². The molecule has 0 radical (unpaired) electrons. The summed E-state index contributed by atoms with van der Waals surface area (Å²) in [6, 6.07) is 8.87. The second kappa shape index (κ2) is 9.06. The van der Waals surface area contributed by atoms with Gasteiger partial charge in [-0.2, -0.15) is 4.39 Å². The molecule has 2 aliphatic rings. The van der Waals surface area contributed by atoms with Crippen molar-refractivity contribution in [1.29, 1.82) is 0 Å². The first-order valence-electron chi connectivity index (χ1n) is 10.8. The number of nitrogens with zero attached hydrogens (tertiary/aromatic N) is 2. The molecular formula is C24H24F2N2O4. The Labute approximate surface area is 184 Å². The maximum absolute atomic E-state index is 14.0. The molecule has 32 heavy (non-hydrogen) atoms. The summed E-state index contributed by atoms with van der Waals surface area (Å²) in [5.41, 5.74) is 1.14. The van der Waals surface area contributed by atoms with E-state index < -0.39 is 11.6 Å². The number of fused-ring (bicyclic) bond motifs is 2. The second-order valence-corrected chi connectivity index (χ2v) is 8.11. The minimum absolute atomic E-state index is 0.0966. The number of amides is 3. The number of halogens is 2. The molecule has 4 rings (SSSR count). The van der Waals surface area contributed by atoms with Gasteiger partial charge >= 0.3 is 0 Å². The minimum Gasteiger partial charge on any atom is -0.486 e. The van der Waals surface area contributed by atoms with Gasteiger partial charge in [-0.1, -0.05) is 25.0 Å². The van der Waals surface area contributed by atoms with Crippen LogP contribution in [0.2, 0.25) is 0 Å². The van der Waals surface area contributed by atoms with Crippen molar-refractivity contribution >= 4 is 23.4 Å². The zero-order valence-corrected chi connectivity index (χ0v) is 17.8. The van der Waals surface area contributed by atoms with E-state index in [-0.39, 0.29) is 48.2 Å². The number of anilines is 1. The Morgan fingerprint density at radius 3 is 2.34 bits per heavy atom. The van der Waals surface area contributed by atoms with Gasteiger partial charge in [0.2, 0.25) is 11.7 Å². The molecule has 6 nitrogen and oxygen atoms in total. The van der Waals surface area contributed by atoms with Crippen molar-refractivity contribution in [3.8, 4) is 5.75 Å². The van der Waals surface area contributed by atoms with Crippen molar-refractivity contribution < 1.29 is 27.9 Å². The van der Waals surface area contributed by atoms with Gasteiger partial charge in [0.1, 0.15) is 6.61 Å². The van der Waals surface area contributed by atoms with Gasteiger partial charge < -0.3 is 9.64 Å². The number of carbonyl (C=O) groups is 3. The first-order valence-corrected chi connectivity index (χ1v) is 10.8. The fourth-order valence-electron chi connectivity index (χ4n) is 4.21. The molecule has 168 valence electrons. The van der Waals surface area contributed by atoms with Crippen molar-refractivity contribution in [2.45, 2.75) is 45.1 Å². The molecule has 2 heterocycles. The van der Waals surface area contributed by atoms with Crippen molar-refractivity contribution in [2.75, 3.05) is 18.1 Å². The molecule has 0 saturated heterocycles. The first-order chi connectivity index (χ1) is 15.4. The van der Waals surface area contributed by atoms with Crippen molar-refractivity contribution in [1.82, 2.24) is 4.90 Å². The van der Waals surface area contributed by atoms with E-state index in [1.807, 2.05) is 0 Å². The number of imide groups is 1. The Morgan fingerprint density at radius 2 is 1.66 bits per heavy atom. The maximum atomic E-state index is 14.0. The molecule has 0 N–H and O–H groups in total. The summed E-state index contributed by atoms with van der Waals surface area (Å²) in [6.07, 6.45) is 3.04. The van der Waals surface area contributed by atoms with Crippen molar-refractivity contribution in [3.05, 3.63) is 59.2 Å². The minimum atomic E-state index is -1.08. The lowest BCUT2D eigenvalue weighted by Gasteiger charge is -2.35. The fourth-order valence-corrected chi connectivity index (χ4v) is 4.21. The molecule has 0 saturated carbocycles. The van der Waals surface area contributed by atoms with Crippen LogP contribution in [0.5, 0.6) is 5.75 Å². The van der Waals surface area contributed by atoms with Crippen LogP contribution >= 0.6 is 0 Å². The molecular weight excluding hydrogens is 418 g/mol. The molecule has 0 aliphatic carbocycles.